The number of hydrogen-bond donors (Lipinski definition) is 3. The average molecular weight is 595 g/mol. The lowest BCUT2D eigenvalue weighted by molar-refractivity contribution is -0.141. The maximum Gasteiger partial charge on any atom is 0.408 e. The molecule has 2 aromatic carbocycles. The van der Waals surface area contributed by atoms with Crippen LogP contribution in [0, 0.1) is 5.92 Å². The molecule has 0 radical (unpaired) electrons. The van der Waals surface area contributed by atoms with E-state index in [-0.39, 0.29) is 30.8 Å². The van der Waals surface area contributed by atoms with Crippen molar-refractivity contribution in [1.29, 1.82) is 0 Å². The second-order valence-electron chi connectivity index (χ2n) is 12.3. The highest BCUT2D eigenvalue weighted by atomic mass is 16.6. The lowest BCUT2D eigenvalue weighted by Gasteiger charge is -2.27. The van der Waals surface area contributed by atoms with Crippen LogP contribution in [0.1, 0.15) is 83.8 Å². The fourth-order valence-electron chi connectivity index (χ4n) is 5.10. The molecule has 2 aromatic rings. The van der Waals surface area contributed by atoms with Crippen LogP contribution in [0.2, 0.25) is 0 Å². The van der Waals surface area contributed by atoms with Crippen molar-refractivity contribution in [2.24, 2.45) is 5.92 Å². The third kappa shape index (κ3) is 10.3. The van der Waals surface area contributed by atoms with Crippen molar-refractivity contribution in [3.05, 3.63) is 59.7 Å². The van der Waals surface area contributed by atoms with Gasteiger partial charge in [-0.05, 0) is 68.2 Å². The van der Waals surface area contributed by atoms with Gasteiger partial charge in [0, 0.05) is 25.9 Å². The van der Waals surface area contributed by atoms with E-state index in [1.807, 2.05) is 38.1 Å². The molecule has 4 amide bonds. The van der Waals surface area contributed by atoms with Gasteiger partial charge in [0.2, 0.25) is 5.91 Å². The summed E-state index contributed by atoms with van der Waals surface area (Å²) in [5.41, 5.74) is 6.58. The van der Waals surface area contributed by atoms with Gasteiger partial charge in [-0.1, -0.05) is 68.8 Å². The van der Waals surface area contributed by atoms with E-state index in [0.717, 1.165) is 16.1 Å². The molecule has 43 heavy (non-hydrogen) atoms. The third-order valence-electron chi connectivity index (χ3n) is 7.01. The molecule has 0 bridgehead atoms. The first-order valence-corrected chi connectivity index (χ1v) is 15.0. The summed E-state index contributed by atoms with van der Waals surface area (Å²) in [7, 11) is 1.46. The zero-order valence-electron chi connectivity index (χ0n) is 26.2. The monoisotopic (exact) mass is 594 g/mol. The minimum absolute atomic E-state index is 0.00965. The second-order valence-corrected chi connectivity index (χ2v) is 12.3. The van der Waals surface area contributed by atoms with Crippen LogP contribution < -0.4 is 16.1 Å². The van der Waals surface area contributed by atoms with E-state index in [1.165, 1.54) is 18.2 Å². The first-order chi connectivity index (χ1) is 20.4. The van der Waals surface area contributed by atoms with Crippen LogP contribution in [-0.4, -0.2) is 60.9 Å². The Balaban J connectivity index is 1.33. The molecule has 10 heteroatoms. The van der Waals surface area contributed by atoms with Crippen LogP contribution in [0.4, 0.5) is 9.59 Å². The molecular weight excluding hydrogens is 548 g/mol. The molecule has 3 rings (SSSR count). The quantitative estimate of drug-likeness (QED) is 0.220. The Labute approximate surface area is 254 Å². The summed E-state index contributed by atoms with van der Waals surface area (Å²) in [6.45, 7) is 9.82. The third-order valence-corrected chi connectivity index (χ3v) is 7.01. The van der Waals surface area contributed by atoms with Crippen molar-refractivity contribution < 1.29 is 28.7 Å². The van der Waals surface area contributed by atoms with Gasteiger partial charge in [0.15, 0.2) is 0 Å². The number of hydrogen-bond acceptors (Lipinski definition) is 6. The van der Waals surface area contributed by atoms with Gasteiger partial charge >= 0.3 is 12.2 Å². The van der Waals surface area contributed by atoms with E-state index in [2.05, 4.69) is 40.3 Å². The lowest BCUT2D eigenvalue weighted by atomic mass is 9.98. The van der Waals surface area contributed by atoms with E-state index in [4.69, 9.17) is 9.47 Å². The number of nitrogens with zero attached hydrogens (tertiary/aromatic N) is 1. The van der Waals surface area contributed by atoms with E-state index < -0.39 is 29.7 Å². The normalized spacial score (nSPS) is 13.0. The number of rotatable bonds is 12. The van der Waals surface area contributed by atoms with Crippen LogP contribution in [-0.2, 0) is 19.1 Å². The Kier molecular flexibility index (Phi) is 12.0. The number of fused-ring (bicyclic) bond motifs is 3. The number of benzene rings is 2. The molecule has 0 heterocycles. The molecule has 0 saturated heterocycles. The molecule has 3 N–H and O–H groups in total. The van der Waals surface area contributed by atoms with E-state index >= 15 is 0 Å². The summed E-state index contributed by atoms with van der Waals surface area (Å²) in [5.74, 6) is -0.591. The number of hydrazine groups is 1. The summed E-state index contributed by atoms with van der Waals surface area (Å²) in [6, 6.07) is 15.6. The van der Waals surface area contributed by atoms with E-state index in [9.17, 15) is 19.2 Å². The number of alkyl carbamates (subject to hydrolysis) is 2. The van der Waals surface area contributed by atoms with Crippen LogP contribution in [0.5, 0.6) is 0 Å². The molecule has 0 aliphatic heterocycles. The SMILES string of the molecule is CC(C)C[C@H](NC(=O)OC(C)(C)C)C(=O)N(C)NC(=O)CCCCCNC(=O)OCC1c2ccccc2-c2ccccc21. The highest BCUT2D eigenvalue weighted by Gasteiger charge is 2.30. The predicted molar refractivity (Wildman–Crippen MR) is 165 cm³/mol. The summed E-state index contributed by atoms with van der Waals surface area (Å²) in [6.07, 6.45) is 1.46. The number of carbonyl (C=O) groups excluding carboxylic acids is 4. The molecular formula is C33H46N4O6. The van der Waals surface area contributed by atoms with Gasteiger partial charge in [0.25, 0.3) is 5.91 Å². The Morgan fingerprint density at radius 2 is 1.49 bits per heavy atom. The van der Waals surface area contributed by atoms with Gasteiger partial charge in [-0.25, -0.2) is 9.59 Å². The first kappa shape index (κ1) is 33.4. The second kappa shape index (κ2) is 15.4. The minimum Gasteiger partial charge on any atom is -0.449 e. The molecule has 0 spiro atoms. The number of ether oxygens (including phenoxy) is 2. The van der Waals surface area contributed by atoms with Gasteiger partial charge in [-0.15, -0.1) is 0 Å². The van der Waals surface area contributed by atoms with Gasteiger partial charge < -0.3 is 20.1 Å². The maximum absolute atomic E-state index is 12.9. The first-order valence-electron chi connectivity index (χ1n) is 15.0. The van der Waals surface area contributed by atoms with Gasteiger partial charge in [0.05, 0.1) is 0 Å². The van der Waals surface area contributed by atoms with Crippen molar-refractivity contribution in [2.75, 3.05) is 20.2 Å². The largest absolute Gasteiger partial charge is 0.449 e. The maximum atomic E-state index is 12.9. The number of carbonyl (C=O) groups is 4. The zero-order valence-corrected chi connectivity index (χ0v) is 26.2. The minimum atomic E-state index is -0.830. The number of likely N-dealkylation sites (N-methyl/N-ethyl adjacent to an activating group) is 1. The van der Waals surface area contributed by atoms with Crippen molar-refractivity contribution in [2.45, 2.75) is 84.3 Å². The zero-order chi connectivity index (χ0) is 31.6. The Bertz CT molecular complexity index is 1230. The fourth-order valence-corrected chi connectivity index (χ4v) is 5.10. The summed E-state index contributed by atoms with van der Waals surface area (Å²) >= 11 is 0. The number of amides is 4. The number of unbranched alkanes of at least 4 members (excludes halogenated alkanes) is 2. The fraction of sp³-hybridized carbons (Fsp3) is 0.515. The van der Waals surface area contributed by atoms with E-state index in [1.54, 1.807) is 20.8 Å². The van der Waals surface area contributed by atoms with Crippen molar-refractivity contribution >= 4 is 24.0 Å². The molecule has 1 aliphatic carbocycles. The Hall–Kier alpha value is -4.08. The molecule has 1 aliphatic rings. The molecule has 0 aromatic heterocycles. The van der Waals surface area contributed by atoms with Crippen LogP contribution in [0.15, 0.2) is 48.5 Å². The smallest absolute Gasteiger partial charge is 0.408 e. The van der Waals surface area contributed by atoms with Crippen LogP contribution >= 0.6 is 0 Å². The summed E-state index contributed by atoms with van der Waals surface area (Å²) in [5, 5.41) is 6.52. The van der Waals surface area contributed by atoms with Gasteiger partial charge in [-0.3, -0.25) is 20.0 Å². The highest BCUT2D eigenvalue weighted by Crippen LogP contribution is 2.44. The molecule has 0 fully saturated rings. The lowest BCUT2D eigenvalue weighted by Crippen LogP contribution is -2.54. The average Bonchev–Trinajstić information content (AvgIpc) is 3.25. The highest BCUT2D eigenvalue weighted by molar-refractivity contribution is 5.87. The molecule has 0 saturated carbocycles. The van der Waals surface area contributed by atoms with Crippen molar-refractivity contribution in [3.8, 4) is 11.1 Å². The standard InChI is InChI=1S/C33H46N4O6/c1-22(2)20-28(35-32(41)43-33(3,4)5)30(39)37(6)36-29(38)18-8-7-13-19-34-31(40)42-21-27-25-16-11-9-14-23(25)24-15-10-12-17-26(24)27/h9-12,14-17,22,27-28H,7-8,13,18-21H2,1-6H3,(H,34,40)(H,35,41)(H,36,38)/t28-/m0/s1. The summed E-state index contributed by atoms with van der Waals surface area (Å²) < 4.78 is 10.8. The van der Waals surface area contributed by atoms with Gasteiger partial charge in [0.1, 0.15) is 18.2 Å². The number of nitrogens with one attached hydrogen (secondary N) is 3. The van der Waals surface area contributed by atoms with Crippen LogP contribution in [0.3, 0.4) is 0 Å². The molecule has 10 nitrogen and oxygen atoms in total. The Morgan fingerprint density at radius 3 is 2.07 bits per heavy atom. The topological polar surface area (TPSA) is 126 Å². The van der Waals surface area contributed by atoms with Crippen molar-refractivity contribution in [3.63, 3.8) is 0 Å². The van der Waals surface area contributed by atoms with Crippen molar-refractivity contribution in [1.82, 2.24) is 21.1 Å². The van der Waals surface area contributed by atoms with Gasteiger partial charge in [-0.2, -0.15) is 0 Å². The molecule has 234 valence electrons. The summed E-state index contributed by atoms with van der Waals surface area (Å²) in [4.78, 5) is 49.9. The molecule has 0 unspecified atom stereocenters. The molecule has 1 atom stereocenters. The van der Waals surface area contributed by atoms with E-state index in [0.29, 0.717) is 32.2 Å². The van der Waals surface area contributed by atoms with Crippen LogP contribution in [0.25, 0.3) is 11.1 Å². The predicted octanol–water partition coefficient (Wildman–Crippen LogP) is 5.51. The Morgan fingerprint density at radius 1 is 0.884 bits per heavy atom.